The fourth-order valence-corrected chi connectivity index (χ4v) is 1.10. The Morgan fingerprint density at radius 1 is 1.18 bits per heavy atom. The van der Waals surface area contributed by atoms with Crippen LogP contribution in [0.3, 0.4) is 0 Å². The number of benzene rings is 1. The van der Waals surface area contributed by atoms with Crippen LogP contribution in [0.1, 0.15) is 5.56 Å². The molecular weight excluding hydrogens is 160 g/mol. The summed E-state index contributed by atoms with van der Waals surface area (Å²) in [5, 5.41) is 0. The summed E-state index contributed by atoms with van der Waals surface area (Å²) in [6, 6.07) is 8.81. The van der Waals surface area contributed by atoms with Gasteiger partial charge in [0.15, 0.2) is 10.7 Å². The van der Waals surface area contributed by atoms with Gasteiger partial charge in [0.25, 0.3) is 0 Å². The van der Waals surface area contributed by atoms with Crippen molar-refractivity contribution in [1.29, 1.82) is 0 Å². The van der Waals surface area contributed by atoms with Gasteiger partial charge in [-0.25, -0.2) is 8.42 Å². The third-order valence-corrected chi connectivity index (χ3v) is 2.03. The first-order valence-corrected chi connectivity index (χ1v) is 4.28. The Bertz CT molecular complexity index is 317. The van der Waals surface area contributed by atoms with E-state index in [9.17, 15) is 8.42 Å². The monoisotopic (exact) mass is 168 g/mol. The Morgan fingerprint density at radius 3 is 2.18 bits per heavy atom. The first-order valence-electron chi connectivity index (χ1n) is 3.10. The van der Waals surface area contributed by atoms with Crippen molar-refractivity contribution in [2.75, 3.05) is 0 Å². The molecule has 0 aliphatic rings. The first-order chi connectivity index (χ1) is 5.22. The second-order valence-corrected chi connectivity index (χ2v) is 3.12. The zero-order valence-electron chi connectivity index (χ0n) is 5.86. The van der Waals surface area contributed by atoms with E-state index in [0.717, 1.165) is 0 Å². The van der Waals surface area contributed by atoms with Gasteiger partial charge in [0.05, 0.1) is 4.91 Å². The smallest absolute Gasteiger partial charge is 0.168 e. The quantitative estimate of drug-likeness (QED) is 0.675. The van der Waals surface area contributed by atoms with Crippen molar-refractivity contribution in [1.82, 2.24) is 0 Å². The fraction of sp³-hybridized carbons (Fsp3) is 0. The zero-order valence-corrected chi connectivity index (χ0v) is 6.75. The molecule has 0 heterocycles. The molecule has 1 aromatic carbocycles. The molecule has 0 radical (unpaired) electrons. The molecule has 1 aromatic rings. The Hall–Kier alpha value is -1.09. The van der Waals surface area contributed by atoms with Crippen LogP contribution >= 0.6 is 0 Å². The van der Waals surface area contributed by atoms with Crippen molar-refractivity contribution in [3.8, 4) is 0 Å². The number of hydrogen-bond donors (Lipinski definition) is 1. The normalized spacial score (nSPS) is 9.91. The predicted molar refractivity (Wildman–Crippen MR) is 45.8 cm³/mol. The minimum atomic E-state index is -2.53. The second kappa shape index (κ2) is 3.34. The van der Waals surface area contributed by atoms with Crippen LogP contribution in [0, 0.1) is 0 Å². The van der Waals surface area contributed by atoms with Crippen LogP contribution in [0.15, 0.2) is 36.9 Å². The van der Waals surface area contributed by atoms with Crippen molar-refractivity contribution in [2.24, 2.45) is 0 Å². The number of thiol groups is 1. The standard InChI is InChI=1S/C8H8O2S/c1-7(11(9)10)8-5-3-2-4-6-8/h2-6,11H,1H2. The highest BCUT2D eigenvalue weighted by Crippen LogP contribution is 2.10. The van der Waals surface area contributed by atoms with Gasteiger partial charge in [-0.2, -0.15) is 0 Å². The number of hydrogen-bond acceptors (Lipinski definition) is 2. The summed E-state index contributed by atoms with van der Waals surface area (Å²) in [5.74, 6) is 0. The van der Waals surface area contributed by atoms with E-state index in [4.69, 9.17) is 0 Å². The Balaban J connectivity index is 3.04. The van der Waals surface area contributed by atoms with Crippen molar-refractivity contribution in [3.05, 3.63) is 42.5 Å². The molecule has 0 aromatic heterocycles. The van der Waals surface area contributed by atoms with E-state index >= 15 is 0 Å². The van der Waals surface area contributed by atoms with E-state index in [2.05, 4.69) is 6.58 Å². The van der Waals surface area contributed by atoms with Gasteiger partial charge in [-0.1, -0.05) is 36.9 Å². The highest BCUT2D eigenvalue weighted by Gasteiger charge is 1.97. The average molecular weight is 168 g/mol. The maximum absolute atomic E-state index is 10.4. The van der Waals surface area contributed by atoms with E-state index in [1.807, 2.05) is 6.07 Å². The van der Waals surface area contributed by atoms with E-state index < -0.39 is 10.7 Å². The third-order valence-electron chi connectivity index (χ3n) is 1.33. The van der Waals surface area contributed by atoms with Gasteiger partial charge in [0.1, 0.15) is 0 Å². The second-order valence-electron chi connectivity index (χ2n) is 2.07. The Morgan fingerprint density at radius 2 is 1.73 bits per heavy atom. The predicted octanol–water partition coefficient (Wildman–Crippen LogP) is 1.27. The van der Waals surface area contributed by atoms with Crippen LogP contribution in [0.4, 0.5) is 0 Å². The molecule has 0 bridgehead atoms. The minimum absolute atomic E-state index is 0.167. The highest BCUT2D eigenvalue weighted by molar-refractivity contribution is 7.82. The zero-order chi connectivity index (χ0) is 8.27. The summed E-state index contributed by atoms with van der Waals surface area (Å²) in [5.41, 5.74) is 0.656. The van der Waals surface area contributed by atoms with Crippen molar-refractivity contribution >= 4 is 15.6 Å². The summed E-state index contributed by atoms with van der Waals surface area (Å²) < 4.78 is 20.9. The molecule has 0 saturated carbocycles. The summed E-state index contributed by atoms with van der Waals surface area (Å²) >= 11 is 0. The summed E-state index contributed by atoms with van der Waals surface area (Å²) in [6.07, 6.45) is 0. The molecule has 1 rings (SSSR count). The molecule has 0 aliphatic heterocycles. The molecule has 58 valence electrons. The SMILES string of the molecule is C=C(c1ccccc1)[SH](=O)=O. The minimum Gasteiger partial charge on any atom is -0.227 e. The third kappa shape index (κ3) is 1.91. The fourth-order valence-electron chi connectivity index (χ4n) is 0.736. The van der Waals surface area contributed by atoms with Crippen molar-refractivity contribution < 1.29 is 8.42 Å². The van der Waals surface area contributed by atoms with Crippen LogP contribution in [0.25, 0.3) is 4.91 Å². The maximum Gasteiger partial charge on any atom is 0.168 e. The lowest BCUT2D eigenvalue weighted by Crippen LogP contribution is -1.82. The first kappa shape index (κ1) is 8.01. The molecule has 0 fully saturated rings. The lowest BCUT2D eigenvalue weighted by atomic mass is 10.2. The van der Waals surface area contributed by atoms with Gasteiger partial charge in [0.2, 0.25) is 0 Å². The molecule has 0 spiro atoms. The molecule has 0 N–H and O–H groups in total. The molecule has 0 saturated heterocycles. The van der Waals surface area contributed by atoms with E-state index in [1.54, 1.807) is 24.3 Å². The highest BCUT2D eigenvalue weighted by atomic mass is 32.2. The van der Waals surface area contributed by atoms with Crippen molar-refractivity contribution in [2.45, 2.75) is 0 Å². The molecule has 0 atom stereocenters. The van der Waals surface area contributed by atoms with E-state index in [1.165, 1.54) is 0 Å². The summed E-state index contributed by atoms with van der Waals surface area (Å²) in [6.45, 7) is 3.43. The van der Waals surface area contributed by atoms with Crippen molar-refractivity contribution in [3.63, 3.8) is 0 Å². The molecule has 0 amide bonds. The molecule has 0 unspecified atom stereocenters. The van der Waals surface area contributed by atoms with Gasteiger partial charge in [-0.3, -0.25) is 0 Å². The summed E-state index contributed by atoms with van der Waals surface area (Å²) in [7, 11) is -2.53. The van der Waals surface area contributed by atoms with Gasteiger partial charge < -0.3 is 0 Å². The van der Waals surface area contributed by atoms with Gasteiger partial charge in [-0.05, 0) is 5.56 Å². The number of rotatable bonds is 2. The lowest BCUT2D eigenvalue weighted by Gasteiger charge is -1.94. The van der Waals surface area contributed by atoms with E-state index in [0.29, 0.717) is 5.56 Å². The van der Waals surface area contributed by atoms with Gasteiger partial charge in [-0.15, -0.1) is 0 Å². The molecule has 2 nitrogen and oxygen atoms in total. The molecule has 0 aliphatic carbocycles. The Labute approximate surface area is 67.1 Å². The van der Waals surface area contributed by atoms with E-state index in [-0.39, 0.29) is 4.91 Å². The van der Waals surface area contributed by atoms with Crippen LogP contribution in [0.2, 0.25) is 0 Å². The van der Waals surface area contributed by atoms with Gasteiger partial charge in [0, 0.05) is 0 Å². The van der Waals surface area contributed by atoms with Gasteiger partial charge >= 0.3 is 0 Å². The average Bonchev–Trinajstić information content (AvgIpc) is 2.05. The van der Waals surface area contributed by atoms with Crippen LogP contribution in [-0.4, -0.2) is 8.42 Å². The maximum atomic E-state index is 10.4. The molecule has 3 heteroatoms. The largest absolute Gasteiger partial charge is 0.227 e. The summed E-state index contributed by atoms with van der Waals surface area (Å²) in [4.78, 5) is 0.167. The lowest BCUT2D eigenvalue weighted by molar-refractivity contribution is 0.623. The van der Waals surface area contributed by atoms with Crippen LogP contribution < -0.4 is 0 Å². The Kier molecular flexibility index (Phi) is 2.44. The topological polar surface area (TPSA) is 34.1 Å². The molecule has 11 heavy (non-hydrogen) atoms. The molecular formula is C8H8O2S. The van der Waals surface area contributed by atoms with Crippen LogP contribution in [0.5, 0.6) is 0 Å². The van der Waals surface area contributed by atoms with Crippen LogP contribution in [-0.2, 0) is 10.7 Å².